The number of thioether (sulfide) groups is 1. The molecule has 0 aliphatic carbocycles. The summed E-state index contributed by atoms with van der Waals surface area (Å²) in [5, 5.41) is 9.51. The zero-order valence-electron chi connectivity index (χ0n) is 8.73. The Bertz CT molecular complexity index is 276. The molecule has 3 nitrogen and oxygen atoms in total. The highest BCUT2D eigenvalue weighted by molar-refractivity contribution is 8.01. The average molecular weight is 232 g/mol. The minimum absolute atomic E-state index is 0.178. The third-order valence-electron chi connectivity index (χ3n) is 1.89. The SMILES string of the molecule is CCCc1nsc(SC(C)C(C)O)n1. The average Bonchev–Trinajstić information content (AvgIpc) is 2.53. The number of hydrogen-bond donors (Lipinski definition) is 1. The maximum absolute atomic E-state index is 9.33. The van der Waals surface area contributed by atoms with Crippen LogP contribution in [0.5, 0.6) is 0 Å². The van der Waals surface area contributed by atoms with E-state index in [9.17, 15) is 5.11 Å². The van der Waals surface area contributed by atoms with Crippen LogP contribution in [-0.4, -0.2) is 25.8 Å². The summed E-state index contributed by atoms with van der Waals surface area (Å²) < 4.78 is 5.21. The monoisotopic (exact) mass is 232 g/mol. The molecule has 0 bridgehead atoms. The number of hydrogen-bond acceptors (Lipinski definition) is 5. The molecule has 2 unspecified atom stereocenters. The Morgan fingerprint density at radius 1 is 1.50 bits per heavy atom. The predicted octanol–water partition coefficient (Wildman–Crippen LogP) is 2.35. The molecule has 0 aliphatic rings. The molecule has 0 spiro atoms. The second kappa shape index (κ2) is 5.68. The highest BCUT2D eigenvalue weighted by atomic mass is 32.2. The Balaban J connectivity index is 2.50. The van der Waals surface area contributed by atoms with Gasteiger partial charge < -0.3 is 5.11 Å². The first kappa shape index (κ1) is 11.9. The lowest BCUT2D eigenvalue weighted by Crippen LogP contribution is -2.14. The number of nitrogens with zero attached hydrogens (tertiary/aromatic N) is 2. The molecule has 0 amide bonds. The molecule has 1 N–H and O–H groups in total. The van der Waals surface area contributed by atoms with Crippen molar-refractivity contribution in [1.82, 2.24) is 9.36 Å². The second-order valence-corrected chi connectivity index (χ2v) is 5.67. The Kier molecular flexibility index (Phi) is 4.84. The Hall–Kier alpha value is -0.130. The van der Waals surface area contributed by atoms with Crippen LogP contribution < -0.4 is 0 Å². The Labute approximate surface area is 93.1 Å². The molecule has 5 heteroatoms. The van der Waals surface area contributed by atoms with Crippen molar-refractivity contribution in [1.29, 1.82) is 0 Å². The summed E-state index contributed by atoms with van der Waals surface area (Å²) in [4.78, 5) is 4.38. The summed E-state index contributed by atoms with van der Waals surface area (Å²) >= 11 is 3.02. The van der Waals surface area contributed by atoms with Crippen LogP contribution in [0.4, 0.5) is 0 Å². The lowest BCUT2D eigenvalue weighted by molar-refractivity contribution is 0.196. The molecule has 1 heterocycles. The third kappa shape index (κ3) is 3.55. The van der Waals surface area contributed by atoms with Gasteiger partial charge >= 0.3 is 0 Å². The van der Waals surface area contributed by atoms with Crippen LogP contribution in [0.2, 0.25) is 0 Å². The molecule has 1 aromatic heterocycles. The van der Waals surface area contributed by atoms with Crippen molar-refractivity contribution in [3.05, 3.63) is 5.82 Å². The molecule has 14 heavy (non-hydrogen) atoms. The van der Waals surface area contributed by atoms with Crippen LogP contribution in [-0.2, 0) is 6.42 Å². The fraction of sp³-hybridized carbons (Fsp3) is 0.778. The molecule has 0 radical (unpaired) electrons. The van der Waals surface area contributed by atoms with Crippen molar-refractivity contribution in [2.75, 3.05) is 0 Å². The van der Waals surface area contributed by atoms with Crippen LogP contribution in [0.15, 0.2) is 4.34 Å². The normalized spacial score (nSPS) is 15.4. The molecule has 1 aromatic rings. The number of aromatic nitrogens is 2. The van der Waals surface area contributed by atoms with Crippen LogP contribution in [0, 0.1) is 0 Å². The first-order valence-corrected chi connectivity index (χ1v) is 6.46. The minimum Gasteiger partial charge on any atom is -0.392 e. The van der Waals surface area contributed by atoms with Crippen LogP contribution >= 0.6 is 23.3 Å². The quantitative estimate of drug-likeness (QED) is 0.792. The van der Waals surface area contributed by atoms with E-state index in [1.807, 2.05) is 6.92 Å². The summed E-state index contributed by atoms with van der Waals surface area (Å²) in [5.41, 5.74) is 0. The highest BCUT2D eigenvalue weighted by Crippen LogP contribution is 2.26. The van der Waals surface area contributed by atoms with Crippen molar-refractivity contribution >= 4 is 23.3 Å². The molecule has 0 fully saturated rings. The van der Waals surface area contributed by atoms with Gasteiger partial charge in [0.05, 0.1) is 6.10 Å². The van der Waals surface area contributed by atoms with Crippen molar-refractivity contribution in [2.24, 2.45) is 0 Å². The molecular weight excluding hydrogens is 216 g/mol. The largest absolute Gasteiger partial charge is 0.392 e. The van der Waals surface area contributed by atoms with Gasteiger partial charge in [0.15, 0.2) is 4.34 Å². The molecular formula is C9H16N2OS2. The summed E-state index contributed by atoms with van der Waals surface area (Å²) in [6.07, 6.45) is 1.71. The maximum atomic E-state index is 9.33. The van der Waals surface area contributed by atoms with Crippen LogP contribution in [0.3, 0.4) is 0 Å². The topological polar surface area (TPSA) is 46.0 Å². The highest BCUT2D eigenvalue weighted by Gasteiger charge is 2.13. The van der Waals surface area contributed by atoms with Gasteiger partial charge in [0, 0.05) is 11.7 Å². The predicted molar refractivity (Wildman–Crippen MR) is 60.9 cm³/mol. The van der Waals surface area contributed by atoms with Crippen molar-refractivity contribution in [3.63, 3.8) is 0 Å². The smallest absolute Gasteiger partial charge is 0.170 e. The van der Waals surface area contributed by atoms with Gasteiger partial charge in [-0.25, -0.2) is 4.98 Å². The molecule has 0 saturated heterocycles. The van der Waals surface area contributed by atoms with Gasteiger partial charge in [0.2, 0.25) is 0 Å². The lowest BCUT2D eigenvalue weighted by atomic mass is 10.3. The van der Waals surface area contributed by atoms with E-state index in [1.54, 1.807) is 18.7 Å². The van der Waals surface area contributed by atoms with Gasteiger partial charge in [-0.3, -0.25) is 0 Å². The molecule has 2 atom stereocenters. The van der Waals surface area contributed by atoms with Gasteiger partial charge in [0.1, 0.15) is 5.82 Å². The van der Waals surface area contributed by atoms with Crippen LogP contribution in [0.25, 0.3) is 0 Å². The summed E-state index contributed by atoms with van der Waals surface area (Å²) in [6.45, 7) is 5.91. The van der Waals surface area contributed by atoms with Gasteiger partial charge in [-0.1, -0.05) is 25.6 Å². The van der Waals surface area contributed by atoms with E-state index in [4.69, 9.17) is 0 Å². The Morgan fingerprint density at radius 2 is 2.21 bits per heavy atom. The van der Waals surface area contributed by atoms with Crippen LogP contribution in [0.1, 0.15) is 33.0 Å². The number of aryl methyl sites for hydroxylation is 1. The summed E-state index contributed by atoms with van der Waals surface area (Å²) in [6, 6.07) is 0. The fourth-order valence-corrected chi connectivity index (χ4v) is 2.74. The number of rotatable bonds is 5. The minimum atomic E-state index is -0.307. The van der Waals surface area contributed by atoms with E-state index in [1.165, 1.54) is 11.5 Å². The fourth-order valence-electron chi connectivity index (χ4n) is 0.868. The van der Waals surface area contributed by atoms with Crippen molar-refractivity contribution < 1.29 is 5.11 Å². The van der Waals surface area contributed by atoms with E-state index >= 15 is 0 Å². The molecule has 0 aromatic carbocycles. The van der Waals surface area contributed by atoms with Crippen molar-refractivity contribution in [2.45, 2.75) is 49.3 Å². The molecule has 0 aliphatic heterocycles. The standard InChI is InChI=1S/C9H16N2OS2/c1-4-5-8-10-9(14-11-8)13-7(3)6(2)12/h6-7,12H,4-5H2,1-3H3. The van der Waals surface area contributed by atoms with E-state index in [0.29, 0.717) is 0 Å². The van der Waals surface area contributed by atoms with E-state index in [-0.39, 0.29) is 11.4 Å². The van der Waals surface area contributed by atoms with Gasteiger partial charge in [-0.05, 0) is 24.9 Å². The van der Waals surface area contributed by atoms with Gasteiger partial charge in [0.25, 0.3) is 0 Å². The molecule has 80 valence electrons. The van der Waals surface area contributed by atoms with E-state index < -0.39 is 0 Å². The number of aliphatic hydroxyl groups excluding tert-OH is 1. The number of aliphatic hydroxyl groups is 1. The van der Waals surface area contributed by atoms with Gasteiger partial charge in [-0.2, -0.15) is 4.37 Å². The Morgan fingerprint density at radius 3 is 2.79 bits per heavy atom. The van der Waals surface area contributed by atoms with E-state index in [2.05, 4.69) is 16.3 Å². The molecule has 1 rings (SSSR count). The zero-order chi connectivity index (χ0) is 10.6. The molecule has 0 saturated carbocycles. The zero-order valence-corrected chi connectivity index (χ0v) is 10.4. The summed E-state index contributed by atoms with van der Waals surface area (Å²) in [7, 11) is 0. The van der Waals surface area contributed by atoms with Crippen molar-refractivity contribution in [3.8, 4) is 0 Å². The third-order valence-corrected chi connectivity index (χ3v) is 4.01. The summed E-state index contributed by atoms with van der Waals surface area (Å²) in [5.74, 6) is 0.929. The van der Waals surface area contributed by atoms with E-state index in [0.717, 1.165) is 23.0 Å². The maximum Gasteiger partial charge on any atom is 0.170 e. The first-order chi connectivity index (χ1) is 6.63. The van der Waals surface area contributed by atoms with Gasteiger partial charge in [-0.15, -0.1) is 0 Å². The first-order valence-electron chi connectivity index (χ1n) is 4.80. The lowest BCUT2D eigenvalue weighted by Gasteiger charge is -2.10. The second-order valence-electron chi connectivity index (χ2n) is 3.29.